The van der Waals surface area contributed by atoms with Crippen LogP contribution < -0.4 is 0 Å². The molecule has 1 fully saturated rings. The van der Waals surface area contributed by atoms with Crippen molar-refractivity contribution in [3.8, 4) is 0 Å². The Morgan fingerprint density at radius 3 is 2.00 bits per heavy atom. The maximum absolute atomic E-state index is 8.37. The average molecular weight is 261 g/mol. The Hall–Kier alpha value is 1.57. The van der Waals surface area contributed by atoms with E-state index < -0.39 is 3.91 Å². The molecule has 1 rings (SSSR count). The average Bonchev–Trinajstić information content (AvgIpc) is 1.76. The van der Waals surface area contributed by atoms with Gasteiger partial charge in [-0.15, -0.1) is 0 Å². The molecule has 1 N–H and O–H groups in total. The molecule has 1 heterocycles. The SMILES string of the molecule is OC1([AsH])OS1.[Ag]. The van der Waals surface area contributed by atoms with Crippen LogP contribution in [0.25, 0.3) is 0 Å². The Bertz CT molecular complexity index is 51.5. The molecule has 0 amide bonds. The summed E-state index contributed by atoms with van der Waals surface area (Å²) >= 11 is 2.68. The standard InChI is InChI=1S/CH2AsO2S.Ag/c2-1(3)4-5-1;/h2-3H;. The van der Waals surface area contributed by atoms with Crippen molar-refractivity contribution in [3.05, 3.63) is 0 Å². The smallest absolute Gasteiger partial charge is 0 e. The van der Waals surface area contributed by atoms with Crippen LogP contribution in [0.1, 0.15) is 0 Å². The van der Waals surface area contributed by atoms with Gasteiger partial charge in [0.25, 0.3) is 0 Å². The first-order chi connectivity index (χ1) is 2.21. The van der Waals surface area contributed by atoms with Crippen LogP contribution in [0.3, 0.4) is 0 Å². The maximum Gasteiger partial charge on any atom is 0 e. The van der Waals surface area contributed by atoms with Crippen LogP contribution in [-0.4, -0.2) is 25.9 Å². The molecule has 2 nitrogen and oxygen atoms in total. The van der Waals surface area contributed by atoms with Gasteiger partial charge in [-0.1, -0.05) is 0 Å². The topological polar surface area (TPSA) is 32.8 Å². The molecule has 6 heavy (non-hydrogen) atoms. The molecule has 1 atom stereocenters. The van der Waals surface area contributed by atoms with Crippen molar-refractivity contribution < 1.29 is 31.7 Å². The fourth-order valence-electron chi connectivity index (χ4n) is 0.0395. The maximum atomic E-state index is 8.37. The van der Waals surface area contributed by atoms with E-state index in [2.05, 4.69) is 4.18 Å². The molecule has 0 bridgehead atoms. The van der Waals surface area contributed by atoms with Crippen molar-refractivity contribution >= 4 is 28.9 Å². The van der Waals surface area contributed by atoms with Crippen LogP contribution in [0.15, 0.2) is 0 Å². The van der Waals surface area contributed by atoms with E-state index in [-0.39, 0.29) is 22.4 Å². The van der Waals surface area contributed by atoms with E-state index in [1.807, 2.05) is 0 Å². The molecule has 1 aliphatic heterocycles. The van der Waals surface area contributed by atoms with Gasteiger partial charge < -0.3 is 0 Å². The van der Waals surface area contributed by atoms with Crippen LogP contribution in [0.5, 0.6) is 0 Å². The van der Waals surface area contributed by atoms with Gasteiger partial charge in [0.2, 0.25) is 0 Å². The Kier molecular flexibility index (Phi) is 2.81. The first kappa shape index (κ1) is 7.57. The molecule has 5 heteroatoms. The van der Waals surface area contributed by atoms with E-state index in [1.165, 1.54) is 0 Å². The van der Waals surface area contributed by atoms with E-state index in [0.717, 1.165) is 12.0 Å². The van der Waals surface area contributed by atoms with Gasteiger partial charge in [-0.3, -0.25) is 0 Å². The summed E-state index contributed by atoms with van der Waals surface area (Å²) in [5.74, 6) is 0. The van der Waals surface area contributed by atoms with E-state index in [9.17, 15) is 0 Å². The molecule has 0 spiro atoms. The molecule has 1 unspecified atom stereocenters. The molecular formula is CH2AgAsO2S. The summed E-state index contributed by atoms with van der Waals surface area (Å²) in [6, 6.07) is 0. The van der Waals surface area contributed by atoms with Crippen molar-refractivity contribution in [2.24, 2.45) is 0 Å². The van der Waals surface area contributed by atoms with Crippen molar-refractivity contribution in [2.75, 3.05) is 0 Å². The molecular weight excluding hydrogens is 259 g/mol. The first-order valence-corrected chi connectivity index (χ1v) is 2.84. The predicted octanol–water partition coefficient (Wildman–Crippen LogP) is -0.833. The summed E-state index contributed by atoms with van der Waals surface area (Å²) in [5.41, 5.74) is 0. The summed E-state index contributed by atoms with van der Waals surface area (Å²) in [6.45, 7) is 0. The minimum Gasteiger partial charge on any atom is 0 e. The number of hydrogen-bond donors (Lipinski definition) is 1. The summed E-state index contributed by atoms with van der Waals surface area (Å²) in [6.07, 6.45) is 0. The monoisotopic (exact) mass is 260 g/mol. The Morgan fingerprint density at radius 1 is 1.83 bits per heavy atom. The molecule has 0 aromatic carbocycles. The van der Waals surface area contributed by atoms with Gasteiger partial charge in [-0.05, 0) is 0 Å². The molecule has 1 aliphatic rings. The quantitative estimate of drug-likeness (QED) is 0.351. The normalized spacial score (nSPS) is 41.0. The van der Waals surface area contributed by atoms with Gasteiger partial charge in [0, 0.05) is 22.4 Å². The summed E-state index contributed by atoms with van der Waals surface area (Å²) in [4.78, 5) is 0. The van der Waals surface area contributed by atoms with Crippen LogP contribution in [0.2, 0.25) is 0 Å². The molecule has 2 radical (unpaired) electrons. The van der Waals surface area contributed by atoms with Crippen LogP contribution in [-0.2, 0) is 26.6 Å². The second-order valence-corrected chi connectivity index (χ2v) is 3.82. The van der Waals surface area contributed by atoms with E-state index in [0.29, 0.717) is 0 Å². The molecule has 0 saturated carbocycles. The van der Waals surface area contributed by atoms with Gasteiger partial charge in [-0.25, -0.2) is 0 Å². The van der Waals surface area contributed by atoms with Crippen LogP contribution in [0.4, 0.5) is 0 Å². The molecule has 0 aromatic rings. The summed E-state index contributed by atoms with van der Waals surface area (Å²) in [7, 11) is 0. The Balaban J connectivity index is 0.000000250. The molecule has 1 saturated heterocycles. The third-order valence-corrected chi connectivity index (χ3v) is 1.77. The zero-order valence-corrected chi connectivity index (χ0v) is 6.96. The minimum atomic E-state index is -0.833. The third kappa shape index (κ3) is 2.69. The van der Waals surface area contributed by atoms with Gasteiger partial charge in [0.05, 0.1) is 0 Å². The van der Waals surface area contributed by atoms with E-state index in [4.69, 9.17) is 5.11 Å². The van der Waals surface area contributed by atoms with Gasteiger partial charge in [-0.2, -0.15) is 0 Å². The second kappa shape index (κ2) is 2.22. The van der Waals surface area contributed by atoms with E-state index >= 15 is 0 Å². The number of aliphatic hydroxyl groups is 1. The molecule has 0 aromatic heterocycles. The first-order valence-electron chi connectivity index (χ1n) is 1.05. The minimum absolute atomic E-state index is 0. The summed E-state index contributed by atoms with van der Waals surface area (Å²) < 4.78 is 3.53. The number of rotatable bonds is 0. The Labute approximate surface area is 64.2 Å². The largest absolute Gasteiger partial charge is 0 e. The molecule has 40 valence electrons. The van der Waals surface area contributed by atoms with Crippen LogP contribution in [0, 0.1) is 0 Å². The van der Waals surface area contributed by atoms with Gasteiger partial charge >= 0.3 is 42.1 Å². The van der Waals surface area contributed by atoms with Gasteiger partial charge in [0.15, 0.2) is 0 Å². The number of hydrogen-bond acceptors (Lipinski definition) is 3. The predicted molar refractivity (Wildman–Crippen MR) is 20.8 cm³/mol. The van der Waals surface area contributed by atoms with Crippen LogP contribution >= 0.6 is 12.0 Å². The fourth-order valence-corrected chi connectivity index (χ4v) is 0.381. The van der Waals surface area contributed by atoms with Crippen molar-refractivity contribution in [2.45, 2.75) is 3.91 Å². The second-order valence-electron chi connectivity index (χ2n) is 0.749. The zero-order chi connectivity index (χ0) is 3.91. The summed E-state index contributed by atoms with van der Waals surface area (Å²) in [5, 5.41) is 8.37. The van der Waals surface area contributed by atoms with Crippen molar-refractivity contribution in [1.29, 1.82) is 0 Å². The zero-order valence-electron chi connectivity index (χ0n) is 2.57. The van der Waals surface area contributed by atoms with Crippen molar-refractivity contribution in [3.63, 3.8) is 0 Å². The molecule has 0 aliphatic carbocycles. The third-order valence-electron chi connectivity index (χ3n) is 0.241. The van der Waals surface area contributed by atoms with Gasteiger partial charge in [0.1, 0.15) is 0 Å². The van der Waals surface area contributed by atoms with E-state index in [1.54, 1.807) is 16.9 Å². The fraction of sp³-hybridized carbons (Fsp3) is 1.00. The Morgan fingerprint density at radius 2 is 2.00 bits per heavy atom. The van der Waals surface area contributed by atoms with Crippen molar-refractivity contribution in [1.82, 2.24) is 0 Å².